The number of H-pyrrole nitrogens is 1. The number of halogens is 1. The molecule has 0 radical (unpaired) electrons. The zero-order chi connectivity index (χ0) is 19.2. The molecule has 0 unspecified atom stereocenters. The van der Waals surface area contributed by atoms with Crippen molar-refractivity contribution in [3.8, 4) is 11.5 Å². The van der Waals surface area contributed by atoms with Crippen LogP contribution in [0, 0.1) is 11.7 Å². The molecule has 1 aromatic heterocycles. The van der Waals surface area contributed by atoms with Gasteiger partial charge in [-0.2, -0.15) is 5.10 Å². The molecule has 2 aromatic carbocycles. The molecule has 0 fully saturated rings. The van der Waals surface area contributed by atoms with Gasteiger partial charge in [0.05, 0.1) is 13.2 Å². The van der Waals surface area contributed by atoms with Crippen LogP contribution in [0.25, 0.3) is 0 Å². The maximum Gasteiger partial charge on any atom is 0.214 e. The summed E-state index contributed by atoms with van der Waals surface area (Å²) in [5.41, 5.74) is 6.29. The van der Waals surface area contributed by atoms with E-state index in [1.54, 1.807) is 17.1 Å². The molecule has 8 heteroatoms. The summed E-state index contributed by atoms with van der Waals surface area (Å²) >= 11 is 11.6. The Bertz CT molecular complexity index is 970. The Hall–Kier alpha value is -2.51. The summed E-state index contributed by atoms with van der Waals surface area (Å²) in [7, 11) is 0. The van der Waals surface area contributed by atoms with Gasteiger partial charge in [-0.15, -0.1) is 0 Å². The number of hydrogen-bond donors (Lipinski definition) is 2. The highest BCUT2D eigenvalue weighted by atomic mass is 35.5. The van der Waals surface area contributed by atoms with Crippen molar-refractivity contribution in [1.82, 2.24) is 14.9 Å². The maximum atomic E-state index is 6.45. The van der Waals surface area contributed by atoms with Gasteiger partial charge in [-0.05, 0) is 43.3 Å². The van der Waals surface area contributed by atoms with Gasteiger partial charge in [0.2, 0.25) is 4.77 Å². The first-order valence-corrected chi connectivity index (χ1v) is 9.35. The van der Waals surface area contributed by atoms with Crippen LogP contribution in [0.5, 0.6) is 11.5 Å². The van der Waals surface area contributed by atoms with Gasteiger partial charge in [-0.25, -0.2) is 4.68 Å². The fourth-order valence-corrected chi connectivity index (χ4v) is 2.97. The Labute approximate surface area is 168 Å². The molecular formula is C19H21ClN4O2S. The summed E-state index contributed by atoms with van der Waals surface area (Å²) in [5, 5.41) is 7.14. The van der Waals surface area contributed by atoms with E-state index in [9.17, 15) is 0 Å². The molecule has 2 N–H and O–H groups in total. The van der Waals surface area contributed by atoms with Crippen molar-refractivity contribution in [2.75, 3.05) is 12.0 Å². The lowest BCUT2D eigenvalue weighted by atomic mass is 10.1. The van der Waals surface area contributed by atoms with Crippen LogP contribution in [-0.2, 0) is 13.2 Å². The Morgan fingerprint density at radius 2 is 2.04 bits per heavy atom. The van der Waals surface area contributed by atoms with Crippen LogP contribution in [-0.4, -0.2) is 21.5 Å². The average molecular weight is 405 g/mol. The minimum Gasteiger partial charge on any atom is -0.490 e. The molecule has 0 amide bonds. The molecule has 0 saturated heterocycles. The zero-order valence-corrected chi connectivity index (χ0v) is 16.7. The molecule has 27 heavy (non-hydrogen) atoms. The second-order valence-electron chi connectivity index (χ2n) is 5.97. The molecule has 0 aliphatic heterocycles. The minimum absolute atomic E-state index is 0.444. The maximum absolute atomic E-state index is 6.45. The van der Waals surface area contributed by atoms with Crippen molar-refractivity contribution in [3.05, 3.63) is 69.2 Å². The summed E-state index contributed by atoms with van der Waals surface area (Å²) in [6.45, 7) is 5.43. The number of benzene rings is 2. The average Bonchev–Trinajstić information content (AvgIpc) is 3.05. The van der Waals surface area contributed by atoms with Crippen molar-refractivity contribution in [3.63, 3.8) is 0 Å². The number of aryl methyl sites for hydroxylation is 1. The monoisotopic (exact) mass is 404 g/mol. The van der Waals surface area contributed by atoms with Crippen molar-refractivity contribution < 1.29 is 9.47 Å². The predicted octanol–water partition coefficient (Wildman–Crippen LogP) is 4.62. The Balaban J connectivity index is 1.76. The van der Waals surface area contributed by atoms with Crippen LogP contribution in [0.1, 0.15) is 23.6 Å². The van der Waals surface area contributed by atoms with Crippen LogP contribution in [0.4, 0.5) is 0 Å². The number of rotatable bonds is 8. The highest BCUT2D eigenvalue weighted by Gasteiger charge is 2.12. The lowest BCUT2D eigenvalue weighted by Crippen LogP contribution is -2.14. The van der Waals surface area contributed by atoms with E-state index in [1.165, 1.54) is 5.56 Å². The molecule has 0 aliphatic carbocycles. The molecule has 0 saturated carbocycles. The second-order valence-corrected chi connectivity index (χ2v) is 6.76. The molecule has 0 spiro atoms. The van der Waals surface area contributed by atoms with Gasteiger partial charge in [0.1, 0.15) is 12.9 Å². The van der Waals surface area contributed by atoms with Crippen LogP contribution in [0.2, 0.25) is 5.02 Å². The minimum atomic E-state index is 0.444. The van der Waals surface area contributed by atoms with Gasteiger partial charge in [-0.3, -0.25) is 5.10 Å². The Kier molecular flexibility index (Phi) is 6.36. The van der Waals surface area contributed by atoms with Gasteiger partial charge in [0, 0.05) is 11.1 Å². The SMILES string of the molecule is CCOc1cc(CNn2cn[nH]c2=S)c(Cl)cc1OCc1cccc(C)c1. The summed E-state index contributed by atoms with van der Waals surface area (Å²) in [5.74, 6) is 1.27. The molecule has 0 bridgehead atoms. The van der Waals surface area contributed by atoms with E-state index in [-0.39, 0.29) is 0 Å². The first-order valence-electron chi connectivity index (χ1n) is 8.56. The van der Waals surface area contributed by atoms with Crippen LogP contribution in [0.15, 0.2) is 42.7 Å². The predicted molar refractivity (Wildman–Crippen MR) is 109 cm³/mol. The van der Waals surface area contributed by atoms with E-state index < -0.39 is 0 Å². The fraction of sp³-hybridized carbons (Fsp3) is 0.263. The lowest BCUT2D eigenvalue weighted by molar-refractivity contribution is 0.269. The number of aromatic amines is 1. The fourth-order valence-electron chi connectivity index (χ4n) is 2.59. The van der Waals surface area contributed by atoms with Gasteiger partial charge in [0.15, 0.2) is 11.5 Å². The molecule has 3 rings (SSSR count). The van der Waals surface area contributed by atoms with Crippen LogP contribution in [0.3, 0.4) is 0 Å². The van der Waals surface area contributed by atoms with E-state index in [4.69, 9.17) is 33.3 Å². The van der Waals surface area contributed by atoms with Crippen molar-refractivity contribution in [2.24, 2.45) is 0 Å². The Morgan fingerprint density at radius 1 is 1.22 bits per heavy atom. The zero-order valence-electron chi connectivity index (χ0n) is 15.2. The van der Waals surface area contributed by atoms with E-state index >= 15 is 0 Å². The topological polar surface area (TPSA) is 64.1 Å². The normalized spacial score (nSPS) is 10.6. The van der Waals surface area contributed by atoms with E-state index in [1.807, 2.05) is 25.1 Å². The number of ether oxygens (including phenoxy) is 2. The third kappa shape index (κ3) is 5.02. The first-order chi connectivity index (χ1) is 13.1. The number of nitrogens with one attached hydrogen (secondary N) is 2. The summed E-state index contributed by atoms with van der Waals surface area (Å²) < 4.78 is 13.8. The molecule has 3 aromatic rings. The molecule has 6 nitrogen and oxygen atoms in total. The number of nitrogens with zero attached hydrogens (tertiary/aromatic N) is 2. The third-order valence-corrected chi connectivity index (χ3v) is 4.52. The first kappa shape index (κ1) is 19.3. The quantitative estimate of drug-likeness (QED) is 0.536. The summed E-state index contributed by atoms with van der Waals surface area (Å²) in [4.78, 5) is 0. The third-order valence-electron chi connectivity index (χ3n) is 3.88. The van der Waals surface area contributed by atoms with Crippen molar-refractivity contribution in [2.45, 2.75) is 27.0 Å². The second kappa shape index (κ2) is 8.92. The van der Waals surface area contributed by atoms with Gasteiger partial charge in [0.25, 0.3) is 0 Å². The van der Waals surface area contributed by atoms with E-state index in [0.29, 0.717) is 41.1 Å². The van der Waals surface area contributed by atoms with E-state index in [0.717, 1.165) is 11.1 Å². The molecule has 0 atom stereocenters. The highest BCUT2D eigenvalue weighted by Crippen LogP contribution is 2.34. The number of aromatic nitrogens is 3. The molecule has 1 heterocycles. The molecule has 0 aliphatic rings. The number of hydrogen-bond acceptors (Lipinski definition) is 5. The summed E-state index contributed by atoms with van der Waals surface area (Å²) in [6.07, 6.45) is 1.57. The molecule has 142 valence electrons. The van der Waals surface area contributed by atoms with Crippen LogP contribution >= 0.6 is 23.8 Å². The highest BCUT2D eigenvalue weighted by molar-refractivity contribution is 7.71. The van der Waals surface area contributed by atoms with Crippen molar-refractivity contribution >= 4 is 23.8 Å². The van der Waals surface area contributed by atoms with E-state index in [2.05, 4.69) is 34.7 Å². The van der Waals surface area contributed by atoms with Gasteiger partial charge in [-0.1, -0.05) is 41.4 Å². The summed E-state index contributed by atoms with van der Waals surface area (Å²) in [6, 6.07) is 11.9. The molecular weight excluding hydrogens is 384 g/mol. The lowest BCUT2D eigenvalue weighted by Gasteiger charge is -2.16. The van der Waals surface area contributed by atoms with Gasteiger partial charge >= 0.3 is 0 Å². The smallest absolute Gasteiger partial charge is 0.214 e. The Morgan fingerprint density at radius 3 is 2.74 bits per heavy atom. The van der Waals surface area contributed by atoms with Gasteiger partial charge < -0.3 is 14.9 Å². The standard InChI is InChI=1S/C19H21ClN4O2S/c1-3-25-17-8-15(10-22-24-12-21-23-19(24)27)16(20)9-18(17)26-11-14-6-4-5-13(2)7-14/h4-9,12,22H,3,10-11H2,1-2H3,(H,23,27). The van der Waals surface area contributed by atoms with Crippen LogP contribution < -0.4 is 14.9 Å². The largest absolute Gasteiger partial charge is 0.490 e. The van der Waals surface area contributed by atoms with Crippen molar-refractivity contribution in [1.29, 1.82) is 0 Å².